The number of nitrogens with one attached hydrogen (secondary N) is 1. The number of thiophene rings is 1. The third-order valence-corrected chi connectivity index (χ3v) is 4.22. The Morgan fingerprint density at radius 3 is 2.75 bits per heavy atom. The Balaban J connectivity index is 1.81. The van der Waals surface area contributed by atoms with E-state index in [9.17, 15) is 4.79 Å². The van der Waals surface area contributed by atoms with Crippen LogP contribution in [0.1, 0.15) is 23.0 Å². The minimum atomic E-state index is 0.0553. The summed E-state index contributed by atoms with van der Waals surface area (Å²) in [6.07, 6.45) is 0. The molecule has 0 spiro atoms. The van der Waals surface area contributed by atoms with Gasteiger partial charge in [-0.15, -0.1) is 11.3 Å². The van der Waals surface area contributed by atoms with Crippen molar-refractivity contribution >= 4 is 27.5 Å². The average Bonchev–Trinajstić information content (AvgIpc) is 3.06. The first kappa shape index (κ1) is 12.9. The first-order valence-electron chi connectivity index (χ1n) is 6.67. The average molecular weight is 284 g/mol. The van der Waals surface area contributed by atoms with Gasteiger partial charge in [0.25, 0.3) is 5.91 Å². The SMILES string of the molecule is CCN(Cc1ccccc1)C(=O)c1cc2sccc2[nH]1. The zero-order valence-electron chi connectivity index (χ0n) is 11.3. The number of nitrogens with zero attached hydrogens (tertiary/aromatic N) is 1. The van der Waals surface area contributed by atoms with E-state index in [-0.39, 0.29) is 5.91 Å². The van der Waals surface area contributed by atoms with Gasteiger partial charge in [-0.05, 0) is 30.0 Å². The van der Waals surface area contributed by atoms with E-state index >= 15 is 0 Å². The summed E-state index contributed by atoms with van der Waals surface area (Å²) in [4.78, 5) is 17.6. The second-order valence-corrected chi connectivity index (χ2v) is 5.63. The van der Waals surface area contributed by atoms with Gasteiger partial charge in [0.05, 0.1) is 10.2 Å². The third kappa shape index (κ3) is 2.47. The van der Waals surface area contributed by atoms with E-state index in [1.54, 1.807) is 11.3 Å². The molecule has 0 fully saturated rings. The van der Waals surface area contributed by atoms with E-state index in [0.29, 0.717) is 18.8 Å². The molecular formula is C16H16N2OS. The summed E-state index contributed by atoms with van der Waals surface area (Å²) < 4.78 is 1.13. The van der Waals surface area contributed by atoms with Crippen LogP contribution in [0.3, 0.4) is 0 Å². The third-order valence-electron chi connectivity index (χ3n) is 3.36. The number of amides is 1. The highest BCUT2D eigenvalue weighted by Crippen LogP contribution is 2.22. The maximum Gasteiger partial charge on any atom is 0.270 e. The molecule has 2 heterocycles. The molecule has 20 heavy (non-hydrogen) atoms. The number of fused-ring (bicyclic) bond motifs is 1. The number of aromatic amines is 1. The molecule has 0 saturated heterocycles. The topological polar surface area (TPSA) is 36.1 Å². The minimum Gasteiger partial charge on any atom is -0.350 e. The number of hydrogen-bond donors (Lipinski definition) is 1. The van der Waals surface area contributed by atoms with Gasteiger partial charge in [-0.1, -0.05) is 30.3 Å². The molecule has 0 unspecified atom stereocenters. The molecule has 0 radical (unpaired) electrons. The molecule has 0 aliphatic carbocycles. The fraction of sp³-hybridized carbons (Fsp3) is 0.188. The van der Waals surface area contributed by atoms with E-state index in [0.717, 1.165) is 15.8 Å². The van der Waals surface area contributed by atoms with Crippen LogP contribution in [0.2, 0.25) is 0 Å². The van der Waals surface area contributed by atoms with Gasteiger partial charge in [0.2, 0.25) is 0 Å². The molecule has 0 aliphatic rings. The maximum atomic E-state index is 12.5. The Morgan fingerprint density at radius 1 is 1.25 bits per heavy atom. The van der Waals surface area contributed by atoms with Crippen LogP contribution in [-0.2, 0) is 6.54 Å². The lowest BCUT2D eigenvalue weighted by atomic mass is 10.2. The highest BCUT2D eigenvalue weighted by molar-refractivity contribution is 7.17. The molecule has 1 N–H and O–H groups in total. The fourth-order valence-electron chi connectivity index (χ4n) is 2.26. The fourth-order valence-corrected chi connectivity index (χ4v) is 3.05. The maximum absolute atomic E-state index is 12.5. The number of carbonyl (C=O) groups excluding carboxylic acids is 1. The summed E-state index contributed by atoms with van der Waals surface area (Å²) in [6.45, 7) is 3.34. The molecule has 4 heteroatoms. The molecule has 1 amide bonds. The van der Waals surface area contributed by atoms with Crippen LogP contribution in [0, 0.1) is 0 Å². The van der Waals surface area contributed by atoms with Gasteiger partial charge < -0.3 is 9.88 Å². The standard InChI is InChI=1S/C16H16N2OS/c1-2-18(11-12-6-4-3-5-7-12)16(19)14-10-15-13(17-14)8-9-20-15/h3-10,17H,2,11H2,1H3. The van der Waals surface area contributed by atoms with Crippen LogP contribution >= 0.6 is 11.3 Å². The van der Waals surface area contributed by atoms with Crippen molar-refractivity contribution in [3.8, 4) is 0 Å². The van der Waals surface area contributed by atoms with Crippen LogP contribution in [0.15, 0.2) is 47.8 Å². The first-order valence-corrected chi connectivity index (χ1v) is 7.55. The number of rotatable bonds is 4. The Labute approximate surface area is 121 Å². The Hall–Kier alpha value is -2.07. The van der Waals surface area contributed by atoms with Crippen LogP contribution in [0.5, 0.6) is 0 Å². The van der Waals surface area contributed by atoms with Gasteiger partial charge >= 0.3 is 0 Å². The molecule has 0 saturated carbocycles. The predicted octanol–water partition coefficient (Wildman–Crippen LogP) is 3.89. The largest absolute Gasteiger partial charge is 0.350 e. The molecule has 0 aliphatic heterocycles. The van der Waals surface area contributed by atoms with E-state index in [1.807, 2.05) is 59.7 Å². The van der Waals surface area contributed by atoms with Gasteiger partial charge in [-0.3, -0.25) is 4.79 Å². The molecule has 0 bridgehead atoms. The van der Waals surface area contributed by atoms with Crippen molar-refractivity contribution in [2.45, 2.75) is 13.5 Å². The van der Waals surface area contributed by atoms with Crippen molar-refractivity contribution in [3.63, 3.8) is 0 Å². The lowest BCUT2D eigenvalue weighted by Gasteiger charge is -2.20. The Kier molecular flexibility index (Phi) is 3.56. The Bertz CT molecular complexity index is 686. The van der Waals surface area contributed by atoms with Gasteiger partial charge in [0.15, 0.2) is 0 Å². The van der Waals surface area contributed by atoms with Crippen LogP contribution in [-0.4, -0.2) is 22.3 Å². The number of aromatic nitrogens is 1. The van der Waals surface area contributed by atoms with E-state index < -0.39 is 0 Å². The number of carbonyl (C=O) groups is 1. The lowest BCUT2D eigenvalue weighted by molar-refractivity contribution is 0.0747. The summed E-state index contributed by atoms with van der Waals surface area (Å²) in [5.41, 5.74) is 2.86. The van der Waals surface area contributed by atoms with Gasteiger partial charge in [0, 0.05) is 13.1 Å². The second-order valence-electron chi connectivity index (χ2n) is 4.69. The number of H-pyrrole nitrogens is 1. The lowest BCUT2D eigenvalue weighted by Crippen LogP contribution is -2.30. The highest BCUT2D eigenvalue weighted by atomic mass is 32.1. The zero-order valence-corrected chi connectivity index (χ0v) is 12.1. The van der Waals surface area contributed by atoms with Gasteiger partial charge in [-0.2, -0.15) is 0 Å². The quantitative estimate of drug-likeness (QED) is 0.775. The van der Waals surface area contributed by atoms with Crippen molar-refractivity contribution in [2.75, 3.05) is 6.54 Å². The van der Waals surface area contributed by atoms with E-state index in [1.165, 1.54) is 0 Å². The molecule has 3 nitrogen and oxygen atoms in total. The summed E-state index contributed by atoms with van der Waals surface area (Å²) >= 11 is 1.65. The second kappa shape index (κ2) is 5.51. The Morgan fingerprint density at radius 2 is 2.05 bits per heavy atom. The van der Waals surface area contributed by atoms with Crippen molar-refractivity contribution in [3.05, 3.63) is 59.1 Å². The normalized spacial score (nSPS) is 10.8. The summed E-state index contributed by atoms with van der Waals surface area (Å²) in [5, 5.41) is 2.02. The first-order chi connectivity index (χ1) is 9.78. The summed E-state index contributed by atoms with van der Waals surface area (Å²) in [6, 6.07) is 14.0. The van der Waals surface area contributed by atoms with Crippen LogP contribution < -0.4 is 0 Å². The van der Waals surface area contributed by atoms with Crippen LogP contribution in [0.4, 0.5) is 0 Å². The van der Waals surface area contributed by atoms with Crippen molar-refractivity contribution in [1.82, 2.24) is 9.88 Å². The van der Waals surface area contributed by atoms with Crippen LogP contribution in [0.25, 0.3) is 10.2 Å². The highest BCUT2D eigenvalue weighted by Gasteiger charge is 2.17. The van der Waals surface area contributed by atoms with Crippen molar-refractivity contribution in [1.29, 1.82) is 0 Å². The number of hydrogen-bond acceptors (Lipinski definition) is 2. The van der Waals surface area contributed by atoms with Crippen molar-refractivity contribution < 1.29 is 4.79 Å². The number of benzene rings is 1. The smallest absolute Gasteiger partial charge is 0.270 e. The van der Waals surface area contributed by atoms with E-state index in [4.69, 9.17) is 0 Å². The summed E-state index contributed by atoms with van der Waals surface area (Å²) in [7, 11) is 0. The van der Waals surface area contributed by atoms with E-state index in [2.05, 4.69) is 4.98 Å². The van der Waals surface area contributed by atoms with Gasteiger partial charge in [0.1, 0.15) is 5.69 Å². The molecule has 2 aromatic heterocycles. The molecule has 102 valence electrons. The van der Waals surface area contributed by atoms with Gasteiger partial charge in [-0.25, -0.2) is 0 Å². The minimum absolute atomic E-state index is 0.0553. The predicted molar refractivity (Wildman–Crippen MR) is 83.0 cm³/mol. The molecule has 3 aromatic rings. The molecule has 3 rings (SSSR count). The monoisotopic (exact) mass is 284 g/mol. The zero-order chi connectivity index (χ0) is 13.9. The molecule has 1 aromatic carbocycles. The van der Waals surface area contributed by atoms with Crippen molar-refractivity contribution in [2.24, 2.45) is 0 Å². The molecular weight excluding hydrogens is 268 g/mol. The summed E-state index contributed by atoms with van der Waals surface area (Å²) in [5.74, 6) is 0.0553. The molecule has 0 atom stereocenters.